The molecule has 18 heavy (non-hydrogen) atoms. The van der Waals surface area contributed by atoms with E-state index in [0.717, 1.165) is 29.2 Å². The van der Waals surface area contributed by atoms with Gasteiger partial charge in [0.05, 0.1) is 12.8 Å². The summed E-state index contributed by atoms with van der Waals surface area (Å²) in [7, 11) is 1.41. The summed E-state index contributed by atoms with van der Waals surface area (Å²) in [5.41, 5.74) is 2.82. The molecule has 0 unspecified atom stereocenters. The molecular weight excluding hydrogens is 248 g/mol. The van der Waals surface area contributed by atoms with Crippen molar-refractivity contribution in [3.63, 3.8) is 0 Å². The molecule has 2 aromatic heterocycles. The van der Waals surface area contributed by atoms with E-state index >= 15 is 0 Å². The fourth-order valence-electron chi connectivity index (χ4n) is 1.89. The Morgan fingerprint density at radius 1 is 1.67 bits per heavy atom. The molecule has 0 atom stereocenters. The van der Waals surface area contributed by atoms with Crippen LogP contribution in [0.2, 0.25) is 0 Å². The molecule has 4 nitrogen and oxygen atoms in total. The van der Waals surface area contributed by atoms with Gasteiger partial charge in [-0.25, -0.2) is 4.98 Å². The quantitative estimate of drug-likeness (QED) is 0.626. The number of esters is 1. The summed E-state index contributed by atoms with van der Waals surface area (Å²) in [6, 6.07) is 0. The first kappa shape index (κ1) is 12.7. The molecule has 0 amide bonds. The first-order valence-corrected chi connectivity index (χ1v) is 6.54. The van der Waals surface area contributed by atoms with Gasteiger partial charge in [-0.3, -0.25) is 9.20 Å². The van der Waals surface area contributed by atoms with Crippen LogP contribution in [-0.4, -0.2) is 22.5 Å². The molecule has 2 aromatic rings. The highest BCUT2D eigenvalue weighted by Crippen LogP contribution is 2.21. The molecule has 0 aliphatic carbocycles. The second kappa shape index (κ2) is 5.23. The lowest BCUT2D eigenvalue weighted by Crippen LogP contribution is -2.02. The first-order chi connectivity index (χ1) is 8.67. The standard InChI is InChI=1S/C13H14N2O2S/c1-4-11-9(2)15-10(8-18-13(15)14-11)6-5-7-12(16)17-3/h1,8H,5-7H2,2-3H3. The van der Waals surface area contributed by atoms with Crippen molar-refractivity contribution in [1.82, 2.24) is 9.38 Å². The summed E-state index contributed by atoms with van der Waals surface area (Å²) < 4.78 is 6.69. The number of carbonyl (C=O) groups excluding carboxylic acids is 1. The lowest BCUT2D eigenvalue weighted by molar-refractivity contribution is -0.140. The van der Waals surface area contributed by atoms with Crippen LogP contribution in [0.1, 0.15) is 29.9 Å². The van der Waals surface area contributed by atoms with Crippen LogP contribution in [0.25, 0.3) is 4.96 Å². The largest absolute Gasteiger partial charge is 0.469 e. The molecule has 2 rings (SSSR count). The average molecular weight is 262 g/mol. The van der Waals surface area contributed by atoms with Gasteiger partial charge >= 0.3 is 5.97 Å². The summed E-state index contributed by atoms with van der Waals surface area (Å²) in [5, 5.41) is 2.06. The zero-order valence-electron chi connectivity index (χ0n) is 10.4. The predicted octanol–water partition coefficient (Wildman–Crippen LogP) is 2.18. The van der Waals surface area contributed by atoms with Crippen molar-refractivity contribution in [1.29, 1.82) is 0 Å². The summed E-state index contributed by atoms with van der Waals surface area (Å²) >= 11 is 1.57. The Morgan fingerprint density at radius 3 is 3.11 bits per heavy atom. The third-order valence-electron chi connectivity index (χ3n) is 2.84. The highest BCUT2D eigenvalue weighted by molar-refractivity contribution is 7.15. The molecule has 0 aromatic carbocycles. The second-order valence-electron chi connectivity index (χ2n) is 3.96. The molecule has 2 heterocycles. The number of aromatic nitrogens is 2. The predicted molar refractivity (Wildman–Crippen MR) is 70.7 cm³/mol. The van der Waals surface area contributed by atoms with Crippen LogP contribution in [0.4, 0.5) is 0 Å². The van der Waals surface area contributed by atoms with Gasteiger partial charge in [-0.2, -0.15) is 0 Å². The topological polar surface area (TPSA) is 43.6 Å². The van der Waals surface area contributed by atoms with Crippen molar-refractivity contribution in [2.24, 2.45) is 0 Å². The summed E-state index contributed by atoms with van der Waals surface area (Å²) in [6.45, 7) is 1.96. The van der Waals surface area contributed by atoms with Crippen molar-refractivity contribution in [2.45, 2.75) is 26.2 Å². The smallest absolute Gasteiger partial charge is 0.305 e. The van der Waals surface area contributed by atoms with Crippen molar-refractivity contribution < 1.29 is 9.53 Å². The maximum absolute atomic E-state index is 11.1. The Kier molecular flexibility index (Phi) is 3.68. The number of ether oxygens (including phenoxy) is 1. The number of nitrogens with zero attached hydrogens (tertiary/aromatic N) is 2. The first-order valence-electron chi connectivity index (χ1n) is 5.66. The number of imidazole rings is 1. The molecule has 0 aliphatic rings. The highest BCUT2D eigenvalue weighted by Gasteiger charge is 2.12. The number of hydrogen-bond acceptors (Lipinski definition) is 4. The fourth-order valence-corrected chi connectivity index (χ4v) is 2.86. The van der Waals surface area contributed by atoms with E-state index in [0.29, 0.717) is 12.1 Å². The molecule has 0 spiro atoms. The highest BCUT2D eigenvalue weighted by atomic mass is 32.1. The summed E-state index contributed by atoms with van der Waals surface area (Å²) in [4.78, 5) is 16.3. The van der Waals surface area contributed by atoms with E-state index in [1.807, 2.05) is 6.92 Å². The normalized spacial score (nSPS) is 10.5. The van der Waals surface area contributed by atoms with Gasteiger partial charge in [0.15, 0.2) is 4.96 Å². The Bertz CT molecular complexity index is 619. The SMILES string of the molecule is C#Cc1nc2scc(CCCC(=O)OC)n2c1C. The molecule has 0 saturated heterocycles. The van der Waals surface area contributed by atoms with Gasteiger partial charge < -0.3 is 4.74 Å². The Labute approximate surface area is 110 Å². The van der Waals surface area contributed by atoms with E-state index in [2.05, 4.69) is 25.4 Å². The van der Waals surface area contributed by atoms with Gasteiger partial charge in [-0.05, 0) is 25.7 Å². The van der Waals surface area contributed by atoms with Crippen LogP contribution in [-0.2, 0) is 16.0 Å². The van der Waals surface area contributed by atoms with Gasteiger partial charge in [0.2, 0.25) is 0 Å². The minimum absolute atomic E-state index is 0.173. The van der Waals surface area contributed by atoms with Gasteiger partial charge in [-0.15, -0.1) is 17.8 Å². The number of aryl methyl sites for hydroxylation is 2. The van der Waals surface area contributed by atoms with E-state index in [4.69, 9.17) is 6.42 Å². The van der Waals surface area contributed by atoms with E-state index in [-0.39, 0.29) is 5.97 Å². The number of fused-ring (bicyclic) bond motifs is 1. The van der Waals surface area contributed by atoms with Crippen LogP contribution in [0, 0.1) is 19.3 Å². The van der Waals surface area contributed by atoms with Crippen molar-refractivity contribution in [3.05, 3.63) is 22.5 Å². The monoisotopic (exact) mass is 262 g/mol. The third kappa shape index (κ3) is 2.24. The number of terminal acetylenes is 1. The lowest BCUT2D eigenvalue weighted by Gasteiger charge is -2.01. The maximum Gasteiger partial charge on any atom is 0.305 e. The Morgan fingerprint density at radius 2 is 2.44 bits per heavy atom. The van der Waals surface area contributed by atoms with Gasteiger partial charge in [0.25, 0.3) is 0 Å². The molecule has 0 fully saturated rings. The van der Waals surface area contributed by atoms with Gasteiger partial charge in [0, 0.05) is 17.5 Å². The number of thiazole rings is 1. The van der Waals surface area contributed by atoms with E-state index in [1.165, 1.54) is 7.11 Å². The van der Waals surface area contributed by atoms with Crippen molar-refractivity contribution in [3.8, 4) is 12.3 Å². The van der Waals surface area contributed by atoms with Gasteiger partial charge in [0.1, 0.15) is 5.69 Å². The molecule has 0 saturated carbocycles. The minimum atomic E-state index is -0.173. The van der Waals surface area contributed by atoms with Gasteiger partial charge in [-0.1, -0.05) is 0 Å². The molecule has 0 bridgehead atoms. The van der Waals surface area contributed by atoms with Crippen molar-refractivity contribution in [2.75, 3.05) is 7.11 Å². The van der Waals surface area contributed by atoms with E-state index < -0.39 is 0 Å². The van der Waals surface area contributed by atoms with E-state index in [1.54, 1.807) is 11.3 Å². The number of hydrogen-bond donors (Lipinski definition) is 0. The molecule has 94 valence electrons. The average Bonchev–Trinajstić information content (AvgIpc) is 2.90. The van der Waals surface area contributed by atoms with Crippen LogP contribution >= 0.6 is 11.3 Å². The molecule has 0 N–H and O–H groups in total. The molecular formula is C13H14N2O2S. The molecule has 0 radical (unpaired) electrons. The summed E-state index contributed by atoms with van der Waals surface area (Å²) in [5.74, 6) is 2.41. The second-order valence-corrected chi connectivity index (χ2v) is 4.80. The van der Waals surface area contributed by atoms with Crippen molar-refractivity contribution >= 4 is 22.3 Å². The Hall–Kier alpha value is -1.80. The zero-order chi connectivity index (χ0) is 13.1. The zero-order valence-corrected chi connectivity index (χ0v) is 11.2. The third-order valence-corrected chi connectivity index (χ3v) is 3.72. The number of methoxy groups -OCH3 is 1. The lowest BCUT2D eigenvalue weighted by atomic mass is 10.2. The van der Waals surface area contributed by atoms with Crippen LogP contribution in [0.5, 0.6) is 0 Å². The van der Waals surface area contributed by atoms with Crippen LogP contribution in [0.3, 0.4) is 0 Å². The minimum Gasteiger partial charge on any atom is -0.469 e. The number of rotatable bonds is 4. The maximum atomic E-state index is 11.1. The molecule has 0 aliphatic heterocycles. The van der Waals surface area contributed by atoms with E-state index in [9.17, 15) is 4.79 Å². The molecule has 5 heteroatoms. The van der Waals surface area contributed by atoms with Crippen LogP contribution < -0.4 is 0 Å². The fraction of sp³-hybridized carbons (Fsp3) is 0.385. The number of carbonyl (C=O) groups is 1. The summed E-state index contributed by atoms with van der Waals surface area (Å²) in [6.07, 6.45) is 7.41. The Balaban J connectivity index is 2.16. The van der Waals surface area contributed by atoms with Crippen LogP contribution in [0.15, 0.2) is 5.38 Å².